The van der Waals surface area contributed by atoms with Crippen molar-refractivity contribution in [1.82, 2.24) is 0 Å². The fourth-order valence-electron chi connectivity index (χ4n) is 1.42. The van der Waals surface area contributed by atoms with Gasteiger partial charge in [0.2, 0.25) is 0 Å². The van der Waals surface area contributed by atoms with Crippen LogP contribution in [0.15, 0.2) is 42.5 Å². The molecule has 0 unspecified atom stereocenters. The number of benzene rings is 2. The first-order valence-electron chi connectivity index (χ1n) is 3.96. The second-order valence-corrected chi connectivity index (χ2v) is 3.39. The summed E-state index contributed by atoms with van der Waals surface area (Å²) < 4.78 is 0. The summed E-state index contributed by atoms with van der Waals surface area (Å²) in [7, 11) is 0. The molecule has 2 rings (SSSR count). The predicted molar refractivity (Wildman–Crippen MR) is 53.4 cm³/mol. The molecule has 0 fully saturated rings. The molecule has 0 aliphatic heterocycles. The number of rotatable bonds is 1. The molecule has 2 aromatic carbocycles. The van der Waals surface area contributed by atoms with Crippen molar-refractivity contribution >= 4 is 26.8 Å². The molecule has 0 aliphatic rings. The molecule has 0 spiro atoms. The summed E-state index contributed by atoms with van der Waals surface area (Å²) in [6.07, 6.45) is 0. The van der Waals surface area contributed by atoms with E-state index in [2.05, 4.69) is 58.5 Å². The fourth-order valence-corrected chi connectivity index (χ4v) is 1.95. The van der Waals surface area contributed by atoms with Gasteiger partial charge < -0.3 is 0 Å². The van der Waals surface area contributed by atoms with E-state index in [0.29, 0.717) is 0 Å². The van der Waals surface area contributed by atoms with Gasteiger partial charge in [0, 0.05) is 0 Å². The van der Waals surface area contributed by atoms with Crippen LogP contribution in [-0.4, -0.2) is 16.0 Å². The third-order valence-electron chi connectivity index (χ3n) is 2.04. The summed E-state index contributed by atoms with van der Waals surface area (Å²) in [4.78, 5) is 0. The van der Waals surface area contributed by atoms with Crippen LogP contribution in [-0.2, 0) is 5.32 Å². The van der Waals surface area contributed by atoms with E-state index in [9.17, 15) is 0 Å². The van der Waals surface area contributed by atoms with E-state index in [4.69, 9.17) is 0 Å². The Labute approximate surface area is 80.4 Å². The number of hydrogen-bond donors (Lipinski definition) is 0. The van der Waals surface area contributed by atoms with Gasteiger partial charge >= 0.3 is 80.1 Å². The standard InChI is InChI=1S/C11H9Se/c12-8-10-6-3-5-9-4-1-2-7-11(9)10/h1-7H,8H2. The van der Waals surface area contributed by atoms with Gasteiger partial charge in [-0.1, -0.05) is 0 Å². The first-order chi connectivity index (χ1) is 5.92. The average molecular weight is 220 g/mol. The molecule has 0 aliphatic carbocycles. The zero-order chi connectivity index (χ0) is 8.39. The van der Waals surface area contributed by atoms with Gasteiger partial charge in [0.15, 0.2) is 0 Å². The Hall–Kier alpha value is -0.781. The normalized spacial score (nSPS) is 10.4. The van der Waals surface area contributed by atoms with E-state index in [1.54, 1.807) is 0 Å². The van der Waals surface area contributed by atoms with Gasteiger partial charge in [-0.05, 0) is 0 Å². The van der Waals surface area contributed by atoms with E-state index in [0.717, 1.165) is 5.32 Å². The van der Waals surface area contributed by atoms with Gasteiger partial charge in [0.05, 0.1) is 0 Å². The Morgan fingerprint density at radius 1 is 0.917 bits per heavy atom. The van der Waals surface area contributed by atoms with Gasteiger partial charge in [-0.3, -0.25) is 0 Å². The van der Waals surface area contributed by atoms with Crippen LogP contribution in [0.1, 0.15) is 5.56 Å². The Morgan fingerprint density at radius 3 is 2.50 bits per heavy atom. The van der Waals surface area contributed by atoms with Crippen molar-refractivity contribution in [2.75, 3.05) is 0 Å². The summed E-state index contributed by atoms with van der Waals surface area (Å²) >= 11 is 3.05. The molecule has 0 nitrogen and oxygen atoms in total. The van der Waals surface area contributed by atoms with Crippen molar-refractivity contribution in [3.05, 3.63) is 48.0 Å². The van der Waals surface area contributed by atoms with Crippen LogP contribution in [0, 0.1) is 0 Å². The topological polar surface area (TPSA) is 0 Å². The second-order valence-electron chi connectivity index (χ2n) is 2.78. The molecular formula is C11H9Se. The van der Waals surface area contributed by atoms with Crippen LogP contribution in [0.4, 0.5) is 0 Å². The first-order valence-corrected chi connectivity index (χ1v) is 5.17. The van der Waals surface area contributed by atoms with Crippen LogP contribution < -0.4 is 0 Å². The molecule has 0 amide bonds. The minimum atomic E-state index is 0.987. The van der Waals surface area contributed by atoms with Crippen LogP contribution >= 0.6 is 0 Å². The van der Waals surface area contributed by atoms with Gasteiger partial charge in [0.1, 0.15) is 0 Å². The molecule has 0 saturated carbocycles. The average Bonchev–Trinajstić information content (AvgIpc) is 2.17. The molecule has 59 valence electrons. The molecular weight excluding hydrogens is 211 g/mol. The third kappa shape index (κ3) is 1.26. The van der Waals surface area contributed by atoms with Gasteiger partial charge in [-0.25, -0.2) is 0 Å². The molecule has 1 radical (unpaired) electrons. The molecule has 12 heavy (non-hydrogen) atoms. The van der Waals surface area contributed by atoms with Crippen LogP contribution in [0.25, 0.3) is 10.8 Å². The maximum atomic E-state index is 3.05. The Morgan fingerprint density at radius 2 is 1.67 bits per heavy atom. The summed E-state index contributed by atoms with van der Waals surface area (Å²) in [6, 6.07) is 14.9. The fraction of sp³-hybridized carbons (Fsp3) is 0.0909. The van der Waals surface area contributed by atoms with Crippen LogP contribution in [0.2, 0.25) is 0 Å². The Balaban J connectivity index is 2.79. The molecule has 1 heteroatoms. The van der Waals surface area contributed by atoms with Crippen LogP contribution in [0.3, 0.4) is 0 Å². The summed E-state index contributed by atoms with van der Waals surface area (Å²) in [5.41, 5.74) is 1.38. The van der Waals surface area contributed by atoms with Crippen LogP contribution in [0.5, 0.6) is 0 Å². The molecule has 0 atom stereocenters. The van der Waals surface area contributed by atoms with Crippen molar-refractivity contribution in [2.24, 2.45) is 0 Å². The molecule has 0 bridgehead atoms. The summed E-state index contributed by atoms with van der Waals surface area (Å²) in [5, 5.41) is 3.67. The number of fused-ring (bicyclic) bond motifs is 1. The monoisotopic (exact) mass is 221 g/mol. The molecule has 2 aromatic rings. The van der Waals surface area contributed by atoms with E-state index in [1.165, 1.54) is 16.3 Å². The second kappa shape index (κ2) is 3.30. The quantitative estimate of drug-likeness (QED) is 0.648. The van der Waals surface area contributed by atoms with Crippen molar-refractivity contribution in [3.8, 4) is 0 Å². The summed E-state index contributed by atoms with van der Waals surface area (Å²) in [6.45, 7) is 0. The number of hydrogen-bond acceptors (Lipinski definition) is 0. The zero-order valence-corrected chi connectivity index (χ0v) is 8.37. The van der Waals surface area contributed by atoms with E-state index in [1.807, 2.05) is 0 Å². The zero-order valence-electron chi connectivity index (χ0n) is 6.66. The SMILES string of the molecule is [Se]Cc1cccc2ccccc12. The van der Waals surface area contributed by atoms with Gasteiger partial charge in [0.25, 0.3) is 0 Å². The Bertz CT molecular complexity index is 388. The Kier molecular flexibility index (Phi) is 2.16. The predicted octanol–water partition coefficient (Wildman–Crippen LogP) is 2.51. The van der Waals surface area contributed by atoms with E-state index >= 15 is 0 Å². The molecule has 0 aromatic heterocycles. The van der Waals surface area contributed by atoms with Crippen molar-refractivity contribution in [1.29, 1.82) is 0 Å². The molecule has 0 saturated heterocycles. The summed E-state index contributed by atoms with van der Waals surface area (Å²) in [5.74, 6) is 0. The molecule has 0 heterocycles. The van der Waals surface area contributed by atoms with E-state index in [-0.39, 0.29) is 0 Å². The maximum absolute atomic E-state index is 3.05. The first kappa shape index (κ1) is 7.85. The van der Waals surface area contributed by atoms with Crippen molar-refractivity contribution in [3.63, 3.8) is 0 Å². The van der Waals surface area contributed by atoms with Gasteiger partial charge in [-0.15, -0.1) is 0 Å². The van der Waals surface area contributed by atoms with E-state index < -0.39 is 0 Å². The van der Waals surface area contributed by atoms with Crippen molar-refractivity contribution in [2.45, 2.75) is 5.32 Å². The minimum absolute atomic E-state index is 0.987. The van der Waals surface area contributed by atoms with Crippen molar-refractivity contribution < 1.29 is 0 Å². The van der Waals surface area contributed by atoms with Gasteiger partial charge in [-0.2, -0.15) is 0 Å². The molecule has 0 N–H and O–H groups in total. The third-order valence-corrected chi connectivity index (χ3v) is 2.69.